The first-order chi connectivity index (χ1) is 48.4. The standard InChI is InChI=1S/C66H82N8O24S4.4Na/c1-39(75)71-53-49(73-101(89,90)91)35-65(63(85)86,97-57(53)55(79)51(77)37-69-61(83)47-19-15-43(16-20-47)41-11-5-3-6-12-41)95-29-9-31-99-33-27-67-59(81)45-23-25-46(26-24-45)60(82)68-28-34-100-32-10-30-96-66(64(87)88)36-50(74-102(92,93)94)54(72-40(2)76)58(98-66)56(80)52(78)38-70-62(84)48-21-17-44(18-22-48)42-13-7-4-8-14-42;;;;/h3-8,11-26,49-58,73-74,77-80H,9-10,27-38H2,1-2H3,(H,67,81)(H,68,82)(H,69,83)(H,70,84)(H,71,75)(H,72,76)(H,85,86)(H,87,88)(H,89,90,91)(H,92,93,94);;;;/q;4*+1/p-4/t49-,50-,51+,52+,53+,54+,55+,56+,57+,58+,65+,66+;;;;/m0..../s1. The van der Waals surface area contributed by atoms with Crippen molar-refractivity contribution in [2.75, 3.05) is 62.4 Å². The maximum Gasteiger partial charge on any atom is 1.00 e. The molecule has 106 heavy (non-hydrogen) atoms. The Morgan fingerprint density at radius 2 is 0.764 bits per heavy atom. The van der Waals surface area contributed by atoms with Gasteiger partial charge in [-0.1, -0.05) is 84.9 Å². The maximum absolute atomic E-state index is 13.1. The number of hydrogen-bond donors (Lipinski definition) is 12. The van der Waals surface area contributed by atoms with E-state index in [1.807, 2.05) is 60.7 Å². The zero-order valence-electron chi connectivity index (χ0n) is 59.0. The number of carboxylic acid groups (broad SMARTS) is 2. The zero-order valence-corrected chi connectivity index (χ0v) is 70.2. The van der Waals surface area contributed by atoms with Crippen LogP contribution in [0.2, 0.25) is 0 Å². The van der Waals surface area contributed by atoms with Gasteiger partial charge in [-0.2, -0.15) is 23.5 Å². The molecule has 2 aliphatic heterocycles. The molecule has 0 spiro atoms. The summed E-state index contributed by atoms with van der Waals surface area (Å²) in [5.41, 5.74) is 4.20. The Labute approximate surface area is 709 Å². The van der Waals surface area contributed by atoms with Crippen molar-refractivity contribution in [3.05, 3.63) is 156 Å². The summed E-state index contributed by atoms with van der Waals surface area (Å²) in [7, 11) is -10.8. The Balaban J connectivity index is 0.00000729. The van der Waals surface area contributed by atoms with Crippen molar-refractivity contribution in [1.82, 2.24) is 41.3 Å². The van der Waals surface area contributed by atoms with Crippen molar-refractivity contribution in [2.24, 2.45) is 0 Å². The van der Waals surface area contributed by atoms with Gasteiger partial charge < -0.3 is 100 Å². The number of aliphatic hydroxyl groups is 4. The van der Waals surface area contributed by atoms with Crippen LogP contribution >= 0.6 is 23.5 Å². The summed E-state index contributed by atoms with van der Waals surface area (Å²) in [6.45, 7) is 0.227. The summed E-state index contributed by atoms with van der Waals surface area (Å²) in [6, 6.07) is 30.2. The largest absolute Gasteiger partial charge is 1.00 e. The number of aliphatic carboxylic acids is 2. The molecule has 6 amide bonds. The van der Waals surface area contributed by atoms with Gasteiger partial charge in [0.05, 0.1) is 37.5 Å². The third kappa shape index (κ3) is 29.6. The molecule has 554 valence electrons. The van der Waals surface area contributed by atoms with Crippen molar-refractivity contribution < 1.29 is 232 Å². The summed E-state index contributed by atoms with van der Waals surface area (Å²) in [5, 5.41) is 85.8. The molecular weight excluding hydrogens is 1510 g/mol. The third-order valence-corrected chi connectivity index (χ3v) is 19.4. The van der Waals surface area contributed by atoms with Crippen molar-refractivity contribution in [1.29, 1.82) is 0 Å². The molecule has 2 fully saturated rings. The number of amides is 6. The fourth-order valence-corrected chi connectivity index (χ4v) is 13.9. The predicted molar refractivity (Wildman–Crippen MR) is 362 cm³/mol. The Morgan fingerprint density at radius 1 is 0.472 bits per heavy atom. The summed E-state index contributed by atoms with van der Waals surface area (Å²) >= 11 is 2.62. The van der Waals surface area contributed by atoms with Gasteiger partial charge in [0.15, 0.2) is 20.6 Å². The SMILES string of the molecule is CC(=O)N[C@H]1[C@H]([C@H](O)[C@H](O)CNC(=O)c2ccc(-c3ccccc3)cc2)O[C@@](OCCCSCCNC(=O)c2ccc(C(=O)NCCSCCCO[C@]3(C(=O)[O-])C[C@H](NS(=O)(=O)[O-])[C@@H](NC(C)=O)[C@H]([C@H](O)[C@H](O)CNC(=O)c4ccc(-c5ccccc5)cc4)O3)cc2)(C(=O)[O-])C[C@@H]1NS(=O)(=O)[O-].[Na+].[Na+].[Na+].[Na+]. The predicted octanol–water partition coefficient (Wildman–Crippen LogP) is -14.6. The summed E-state index contributed by atoms with van der Waals surface area (Å²) in [6.07, 6.45) is -13.9. The van der Waals surface area contributed by atoms with Crippen molar-refractivity contribution in [3.63, 3.8) is 0 Å². The average Bonchev–Trinajstić information content (AvgIpc) is 0.765. The van der Waals surface area contributed by atoms with Crippen LogP contribution < -0.4 is 170 Å². The molecule has 2 saturated heterocycles. The van der Waals surface area contributed by atoms with Gasteiger partial charge in [0.25, 0.3) is 23.6 Å². The number of benzene rings is 5. The molecule has 40 heteroatoms. The summed E-state index contributed by atoms with van der Waals surface area (Å²) in [4.78, 5) is 103. The van der Waals surface area contributed by atoms with Crippen LogP contribution in [0.1, 0.15) is 81.0 Å². The number of carbonyl (C=O) groups excluding carboxylic acids is 8. The fourth-order valence-electron chi connectivity index (χ4n) is 11.2. The molecule has 0 unspecified atom stereocenters. The van der Waals surface area contributed by atoms with Gasteiger partial charge in [0.1, 0.15) is 36.4 Å². The van der Waals surface area contributed by atoms with Crippen LogP contribution in [0.15, 0.2) is 133 Å². The van der Waals surface area contributed by atoms with E-state index in [9.17, 15) is 94.9 Å². The van der Waals surface area contributed by atoms with Gasteiger partial charge in [-0.05, 0) is 95.1 Å². The third-order valence-electron chi connectivity index (χ3n) is 16.1. The molecule has 12 atom stereocenters. The number of carboxylic acids is 2. The quantitative estimate of drug-likeness (QED) is 0.00992. The van der Waals surface area contributed by atoms with Crippen LogP contribution in [0, 0.1) is 0 Å². The van der Waals surface area contributed by atoms with Crippen LogP contribution in [0.4, 0.5) is 0 Å². The minimum Gasteiger partial charge on any atom is -0.735 e. The first kappa shape index (κ1) is 96.2. The molecule has 2 heterocycles. The van der Waals surface area contributed by atoms with E-state index in [1.54, 1.807) is 33.7 Å². The van der Waals surface area contributed by atoms with Gasteiger partial charge >= 0.3 is 118 Å². The molecule has 0 bridgehead atoms. The number of thioether (sulfide) groups is 2. The second-order valence-corrected chi connectivity index (χ2v) is 28.3. The van der Waals surface area contributed by atoms with Crippen LogP contribution in [-0.4, -0.2) is 229 Å². The number of hydrogen-bond acceptors (Lipinski definition) is 26. The van der Waals surface area contributed by atoms with E-state index in [4.69, 9.17) is 18.9 Å². The van der Waals surface area contributed by atoms with Crippen molar-refractivity contribution >= 4 is 91.5 Å². The monoisotopic (exact) mass is 1590 g/mol. The van der Waals surface area contributed by atoms with Gasteiger partial charge in [-0.25, -0.2) is 26.3 Å². The van der Waals surface area contributed by atoms with E-state index in [0.717, 1.165) is 36.1 Å². The number of aliphatic hydroxyl groups excluding tert-OH is 4. The van der Waals surface area contributed by atoms with E-state index >= 15 is 0 Å². The van der Waals surface area contributed by atoms with E-state index in [1.165, 1.54) is 72.1 Å². The van der Waals surface area contributed by atoms with E-state index in [2.05, 4.69) is 31.9 Å². The Hall–Kier alpha value is -4.02. The van der Waals surface area contributed by atoms with Crippen LogP contribution in [0.25, 0.3) is 22.3 Å². The molecule has 32 nitrogen and oxygen atoms in total. The Morgan fingerprint density at radius 3 is 1.06 bits per heavy atom. The van der Waals surface area contributed by atoms with Gasteiger partial charge in [0.2, 0.25) is 23.4 Å². The van der Waals surface area contributed by atoms with E-state index in [-0.39, 0.29) is 166 Å². The topological polar surface area (TPSA) is 511 Å². The minimum atomic E-state index is -5.39. The normalized spacial score (nSPS) is 20.9. The molecule has 0 radical (unpaired) electrons. The molecular formula is C66H78N8Na4O24S4. The fraction of sp³-hybridized carbons (Fsp3) is 0.424. The number of carbonyl (C=O) groups is 8. The summed E-state index contributed by atoms with van der Waals surface area (Å²) in [5.74, 6) is -12.5. The minimum absolute atomic E-state index is 0. The molecule has 7 rings (SSSR count). The maximum atomic E-state index is 13.1. The summed E-state index contributed by atoms with van der Waals surface area (Å²) < 4.78 is 98.5. The molecule has 5 aromatic carbocycles. The average molecular weight is 1590 g/mol. The first-order valence-corrected chi connectivity index (χ1v) is 37.0. The number of ether oxygens (including phenoxy) is 4. The smallest absolute Gasteiger partial charge is 0.735 e. The van der Waals surface area contributed by atoms with Crippen molar-refractivity contribution in [2.45, 2.75) is 112 Å². The second kappa shape index (κ2) is 46.1. The van der Waals surface area contributed by atoms with E-state index in [0.29, 0.717) is 23.0 Å². The van der Waals surface area contributed by atoms with Gasteiger partial charge in [0, 0.05) is 98.7 Å². The second-order valence-electron chi connectivity index (χ2n) is 23.6. The Kier molecular flexibility index (Phi) is 41.8. The number of nitrogens with one attached hydrogen (secondary N) is 8. The van der Waals surface area contributed by atoms with Gasteiger partial charge in [-0.3, -0.25) is 28.8 Å². The molecule has 0 saturated carbocycles. The van der Waals surface area contributed by atoms with Crippen molar-refractivity contribution in [3.8, 4) is 22.3 Å². The van der Waals surface area contributed by atoms with E-state index < -0.39 is 180 Å². The van der Waals surface area contributed by atoms with Gasteiger partial charge in [-0.15, -0.1) is 0 Å². The van der Waals surface area contributed by atoms with Crippen LogP contribution in [-0.2, 0) is 58.7 Å². The Bertz CT molecular complexity index is 3670. The zero-order chi connectivity index (χ0) is 74.4. The number of rotatable bonds is 38. The first-order valence-electron chi connectivity index (χ1n) is 31.9. The molecule has 0 aromatic heterocycles. The van der Waals surface area contributed by atoms with Crippen LogP contribution in [0.3, 0.4) is 0 Å². The molecule has 0 aliphatic carbocycles. The molecule has 2 aliphatic rings. The van der Waals surface area contributed by atoms with Crippen LogP contribution in [0.5, 0.6) is 0 Å². The molecule has 12 N–H and O–H groups in total. The molecule has 5 aromatic rings.